The van der Waals surface area contributed by atoms with Crippen LogP contribution < -0.4 is 9.47 Å². The third-order valence-corrected chi connectivity index (χ3v) is 6.52. The topological polar surface area (TPSA) is 76.4 Å². The minimum absolute atomic E-state index is 0.0786. The second-order valence-electron chi connectivity index (χ2n) is 7.02. The van der Waals surface area contributed by atoms with Crippen molar-refractivity contribution >= 4 is 15.9 Å². The van der Waals surface area contributed by atoms with Crippen molar-refractivity contribution in [3.8, 4) is 17.6 Å². The molecule has 0 amide bonds. The number of hydrogen-bond acceptors (Lipinski definition) is 5. The number of sulfone groups is 1. The van der Waals surface area contributed by atoms with Crippen LogP contribution in [0.2, 0.25) is 0 Å². The van der Waals surface area contributed by atoms with E-state index in [1.54, 1.807) is 43.5 Å². The van der Waals surface area contributed by atoms with Crippen molar-refractivity contribution in [2.75, 3.05) is 7.11 Å². The highest BCUT2D eigenvalue weighted by Gasteiger charge is 2.20. The minimum Gasteiger partial charge on any atom is -0.496 e. The second-order valence-corrected chi connectivity index (χ2v) is 8.94. The fourth-order valence-corrected chi connectivity index (χ4v) is 4.41. The Kier molecular flexibility index (Phi) is 6.78. The summed E-state index contributed by atoms with van der Waals surface area (Å²) in [7, 11) is -2.34. The molecule has 0 bridgehead atoms. The predicted octanol–water partition coefficient (Wildman–Crippen LogP) is 5.23. The molecule has 6 heteroatoms. The Hall–Kier alpha value is -3.56. The molecule has 0 unspecified atom stereocenters. The van der Waals surface area contributed by atoms with Crippen molar-refractivity contribution in [1.82, 2.24) is 0 Å². The van der Waals surface area contributed by atoms with Crippen LogP contribution in [-0.2, 0) is 16.4 Å². The molecule has 3 aromatic carbocycles. The van der Waals surface area contributed by atoms with Crippen LogP contribution in [-0.4, -0.2) is 15.5 Å². The standard InChI is InChI=1S/C25H23NO4S/c1-18-8-7-9-19(2)25(18)30-17-21-14-20(12-13-24(21)29-3)15-23(16-26)31(27,28)22-10-5-4-6-11-22/h4-15H,17H2,1-3H3/b23-15-. The van der Waals surface area contributed by atoms with E-state index in [-0.39, 0.29) is 16.4 Å². The molecule has 0 aromatic heterocycles. The molecule has 0 aliphatic heterocycles. The molecule has 5 nitrogen and oxygen atoms in total. The van der Waals surface area contributed by atoms with Crippen molar-refractivity contribution < 1.29 is 17.9 Å². The van der Waals surface area contributed by atoms with Gasteiger partial charge in [-0.25, -0.2) is 8.42 Å². The molecular formula is C25H23NO4S. The van der Waals surface area contributed by atoms with Crippen molar-refractivity contribution in [3.05, 3.63) is 93.9 Å². The predicted molar refractivity (Wildman–Crippen MR) is 120 cm³/mol. The number of hydrogen-bond donors (Lipinski definition) is 0. The van der Waals surface area contributed by atoms with Crippen LogP contribution in [0.3, 0.4) is 0 Å². The summed E-state index contributed by atoms with van der Waals surface area (Å²) in [5, 5.41) is 9.52. The van der Waals surface area contributed by atoms with Crippen molar-refractivity contribution in [3.63, 3.8) is 0 Å². The van der Waals surface area contributed by atoms with Crippen LogP contribution in [0.4, 0.5) is 0 Å². The van der Waals surface area contributed by atoms with Crippen LogP contribution in [0.25, 0.3) is 6.08 Å². The Balaban J connectivity index is 1.95. The van der Waals surface area contributed by atoms with Gasteiger partial charge >= 0.3 is 0 Å². The lowest BCUT2D eigenvalue weighted by Gasteiger charge is -2.14. The fourth-order valence-electron chi connectivity index (χ4n) is 3.23. The van der Waals surface area contributed by atoms with E-state index in [0.29, 0.717) is 11.3 Å². The van der Waals surface area contributed by atoms with Gasteiger partial charge in [0.15, 0.2) is 0 Å². The lowest BCUT2D eigenvalue weighted by atomic mass is 10.1. The molecule has 158 valence electrons. The van der Waals surface area contributed by atoms with Crippen LogP contribution >= 0.6 is 0 Å². The summed E-state index contributed by atoms with van der Waals surface area (Å²) in [6.07, 6.45) is 1.37. The van der Waals surface area contributed by atoms with E-state index >= 15 is 0 Å². The number of allylic oxidation sites excluding steroid dienone is 1. The van der Waals surface area contributed by atoms with Gasteiger partial charge in [0.1, 0.15) is 29.1 Å². The smallest absolute Gasteiger partial charge is 0.216 e. The molecule has 0 radical (unpaired) electrons. The Morgan fingerprint density at radius 1 is 1.00 bits per heavy atom. The highest BCUT2D eigenvalue weighted by Crippen LogP contribution is 2.28. The van der Waals surface area contributed by atoms with Crippen molar-refractivity contribution in [2.24, 2.45) is 0 Å². The molecule has 0 spiro atoms. The monoisotopic (exact) mass is 433 g/mol. The molecule has 3 aromatic rings. The summed E-state index contributed by atoms with van der Waals surface area (Å²) in [5.74, 6) is 1.42. The van der Waals surface area contributed by atoms with Crippen LogP contribution in [0.15, 0.2) is 76.5 Å². The van der Waals surface area contributed by atoms with E-state index in [4.69, 9.17) is 9.47 Å². The second kappa shape index (κ2) is 9.50. The van der Waals surface area contributed by atoms with Gasteiger partial charge in [0.25, 0.3) is 0 Å². The third kappa shape index (κ3) is 4.96. The zero-order valence-electron chi connectivity index (χ0n) is 17.6. The van der Waals surface area contributed by atoms with E-state index in [1.807, 2.05) is 38.1 Å². The molecular weight excluding hydrogens is 410 g/mol. The maximum absolute atomic E-state index is 12.8. The van der Waals surface area contributed by atoms with E-state index in [1.165, 1.54) is 18.2 Å². The average molecular weight is 434 g/mol. The lowest BCUT2D eigenvalue weighted by molar-refractivity contribution is 0.293. The molecule has 31 heavy (non-hydrogen) atoms. The van der Waals surface area contributed by atoms with Gasteiger partial charge in [0.2, 0.25) is 9.84 Å². The molecule has 0 saturated carbocycles. The number of aryl methyl sites for hydroxylation is 2. The number of ether oxygens (including phenoxy) is 2. The van der Waals surface area contributed by atoms with Gasteiger partial charge in [-0.05, 0) is 60.9 Å². The van der Waals surface area contributed by atoms with Gasteiger partial charge < -0.3 is 9.47 Å². The zero-order valence-corrected chi connectivity index (χ0v) is 18.4. The van der Waals surface area contributed by atoms with Crippen LogP contribution in [0, 0.1) is 25.2 Å². The molecule has 0 aliphatic carbocycles. The van der Waals surface area contributed by atoms with E-state index < -0.39 is 9.84 Å². The number of methoxy groups -OCH3 is 1. The van der Waals surface area contributed by atoms with Crippen molar-refractivity contribution in [2.45, 2.75) is 25.3 Å². The zero-order chi connectivity index (χ0) is 22.4. The molecule has 0 N–H and O–H groups in total. The number of nitrogens with zero attached hydrogens (tertiary/aromatic N) is 1. The summed E-state index contributed by atoms with van der Waals surface area (Å²) in [5.41, 5.74) is 3.36. The van der Waals surface area contributed by atoms with Crippen LogP contribution in [0.5, 0.6) is 11.5 Å². The van der Waals surface area contributed by atoms with Crippen LogP contribution in [0.1, 0.15) is 22.3 Å². The highest BCUT2D eigenvalue weighted by atomic mass is 32.2. The fraction of sp³-hybridized carbons (Fsp3) is 0.160. The van der Waals surface area contributed by atoms with Gasteiger partial charge in [-0.15, -0.1) is 0 Å². The number of nitriles is 1. The highest BCUT2D eigenvalue weighted by molar-refractivity contribution is 7.95. The number of benzene rings is 3. The van der Waals surface area contributed by atoms with E-state index in [0.717, 1.165) is 22.4 Å². The summed E-state index contributed by atoms with van der Waals surface area (Å²) in [6, 6.07) is 20.9. The average Bonchev–Trinajstić information content (AvgIpc) is 2.77. The van der Waals surface area contributed by atoms with Gasteiger partial charge in [0.05, 0.1) is 12.0 Å². The first kappa shape index (κ1) is 22.1. The van der Waals surface area contributed by atoms with Crippen molar-refractivity contribution in [1.29, 1.82) is 5.26 Å². The van der Waals surface area contributed by atoms with Gasteiger partial charge in [-0.1, -0.05) is 42.5 Å². The molecule has 0 atom stereocenters. The van der Waals surface area contributed by atoms with Gasteiger partial charge in [-0.3, -0.25) is 0 Å². The molecule has 0 heterocycles. The SMILES string of the molecule is COc1ccc(/C=C(/C#N)S(=O)(=O)c2ccccc2)cc1COc1c(C)cccc1C. The first-order valence-electron chi connectivity index (χ1n) is 9.64. The molecule has 0 saturated heterocycles. The first-order chi connectivity index (χ1) is 14.9. The lowest BCUT2D eigenvalue weighted by Crippen LogP contribution is -2.04. The molecule has 0 aliphatic rings. The third-order valence-electron chi connectivity index (χ3n) is 4.84. The quantitative estimate of drug-likeness (QED) is 0.477. The van der Waals surface area contributed by atoms with E-state index in [2.05, 4.69) is 0 Å². The molecule has 0 fully saturated rings. The summed E-state index contributed by atoms with van der Waals surface area (Å²) < 4.78 is 37.1. The summed E-state index contributed by atoms with van der Waals surface area (Å²) >= 11 is 0. The summed E-state index contributed by atoms with van der Waals surface area (Å²) in [6.45, 7) is 4.20. The Morgan fingerprint density at radius 2 is 1.68 bits per heavy atom. The normalized spacial score (nSPS) is 11.6. The number of para-hydroxylation sites is 1. The van der Waals surface area contributed by atoms with Gasteiger partial charge in [-0.2, -0.15) is 5.26 Å². The minimum atomic E-state index is -3.91. The summed E-state index contributed by atoms with van der Waals surface area (Å²) in [4.78, 5) is -0.250. The first-order valence-corrected chi connectivity index (χ1v) is 11.1. The maximum atomic E-state index is 12.8. The Morgan fingerprint density at radius 3 is 2.29 bits per heavy atom. The number of rotatable bonds is 7. The maximum Gasteiger partial charge on any atom is 0.216 e. The van der Waals surface area contributed by atoms with Gasteiger partial charge in [0, 0.05) is 5.56 Å². The Labute approximate surface area is 183 Å². The largest absolute Gasteiger partial charge is 0.496 e. The Bertz CT molecular complexity index is 1240. The van der Waals surface area contributed by atoms with E-state index in [9.17, 15) is 13.7 Å². The molecule has 3 rings (SSSR count).